The van der Waals surface area contributed by atoms with Gasteiger partial charge in [-0.1, -0.05) is 42.0 Å². The number of halogens is 1. The van der Waals surface area contributed by atoms with E-state index in [1.165, 1.54) is 0 Å². The molecular weight excluding hydrogens is 312 g/mol. The van der Waals surface area contributed by atoms with E-state index in [4.69, 9.17) is 10.5 Å². The zero-order chi connectivity index (χ0) is 16.1. The van der Waals surface area contributed by atoms with E-state index >= 15 is 0 Å². The van der Waals surface area contributed by atoms with Gasteiger partial charge in [-0.25, -0.2) is 0 Å². The summed E-state index contributed by atoms with van der Waals surface area (Å²) in [4.78, 5) is 12.2. The van der Waals surface area contributed by atoms with Crippen molar-refractivity contribution in [3.8, 4) is 5.75 Å². The van der Waals surface area contributed by atoms with Gasteiger partial charge in [-0.15, -0.1) is 12.4 Å². The first kappa shape index (κ1) is 19.0. The van der Waals surface area contributed by atoms with E-state index in [0.29, 0.717) is 6.54 Å². The second-order valence-electron chi connectivity index (χ2n) is 5.42. The van der Waals surface area contributed by atoms with E-state index in [9.17, 15) is 4.79 Å². The number of hydrogen-bond acceptors (Lipinski definition) is 3. The van der Waals surface area contributed by atoms with Gasteiger partial charge in [0.25, 0.3) is 0 Å². The lowest BCUT2D eigenvalue weighted by Gasteiger charge is -2.14. The minimum absolute atomic E-state index is 0. The summed E-state index contributed by atoms with van der Waals surface area (Å²) < 4.78 is 5.33. The zero-order valence-corrected chi connectivity index (χ0v) is 14.4. The molecule has 0 heterocycles. The van der Waals surface area contributed by atoms with Crippen LogP contribution in [0, 0.1) is 13.8 Å². The molecule has 124 valence electrons. The number of rotatable bonds is 5. The Kier molecular flexibility index (Phi) is 7.07. The molecule has 0 saturated carbocycles. The Balaban J connectivity index is 0.00000264. The molecule has 0 bridgehead atoms. The van der Waals surface area contributed by atoms with Crippen molar-refractivity contribution in [1.29, 1.82) is 0 Å². The van der Waals surface area contributed by atoms with Crippen LogP contribution in [0.4, 0.5) is 0 Å². The number of amides is 1. The van der Waals surface area contributed by atoms with E-state index in [1.54, 1.807) is 7.11 Å². The molecule has 1 unspecified atom stereocenters. The largest absolute Gasteiger partial charge is 0.496 e. The third kappa shape index (κ3) is 4.98. The minimum Gasteiger partial charge on any atom is -0.496 e. The molecular formula is C18H23ClN2O2. The highest BCUT2D eigenvalue weighted by molar-refractivity contribution is 5.85. The Morgan fingerprint density at radius 3 is 2.35 bits per heavy atom. The Bertz CT molecular complexity index is 657. The maximum atomic E-state index is 12.2. The van der Waals surface area contributed by atoms with E-state index < -0.39 is 6.04 Å². The average Bonchev–Trinajstić information content (AvgIpc) is 2.53. The van der Waals surface area contributed by atoms with Gasteiger partial charge in [0.1, 0.15) is 11.8 Å². The van der Waals surface area contributed by atoms with Crippen LogP contribution in [0.15, 0.2) is 42.5 Å². The molecule has 1 amide bonds. The fourth-order valence-corrected chi connectivity index (χ4v) is 2.22. The SMILES string of the molecule is COc1cc(C)ccc1CNC(=O)C(N)c1ccc(C)cc1.Cl. The number of hydrogen-bond donors (Lipinski definition) is 2. The van der Waals surface area contributed by atoms with Gasteiger partial charge in [-0.2, -0.15) is 0 Å². The maximum absolute atomic E-state index is 12.2. The maximum Gasteiger partial charge on any atom is 0.241 e. The molecule has 5 heteroatoms. The highest BCUT2D eigenvalue weighted by Gasteiger charge is 2.15. The molecule has 0 aliphatic rings. The van der Waals surface area contributed by atoms with Crippen molar-refractivity contribution in [2.24, 2.45) is 5.73 Å². The van der Waals surface area contributed by atoms with Crippen LogP contribution in [-0.4, -0.2) is 13.0 Å². The first-order chi connectivity index (χ1) is 10.5. The van der Waals surface area contributed by atoms with E-state index in [-0.39, 0.29) is 18.3 Å². The van der Waals surface area contributed by atoms with Gasteiger partial charge >= 0.3 is 0 Å². The Hall–Kier alpha value is -2.04. The van der Waals surface area contributed by atoms with Crippen molar-refractivity contribution in [2.75, 3.05) is 7.11 Å². The van der Waals surface area contributed by atoms with Crippen molar-refractivity contribution < 1.29 is 9.53 Å². The summed E-state index contributed by atoms with van der Waals surface area (Å²) in [5.41, 5.74) is 9.99. The van der Waals surface area contributed by atoms with Crippen molar-refractivity contribution >= 4 is 18.3 Å². The predicted molar refractivity (Wildman–Crippen MR) is 94.9 cm³/mol. The molecule has 2 rings (SSSR count). The van der Waals surface area contributed by atoms with Crippen molar-refractivity contribution in [1.82, 2.24) is 5.32 Å². The van der Waals surface area contributed by atoms with Gasteiger partial charge in [0.15, 0.2) is 0 Å². The zero-order valence-electron chi connectivity index (χ0n) is 13.6. The van der Waals surface area contributed by atoms with Gasteiger partial charge < -0.3 is 15.8 Å². The third-order valence-corrected chi connectivity index (χ3v) is 3.61. The summed E-state index contributed by atoms with van der Waals surface area (Å²) in [6, 6.07) is 12.9. The van der Waals surface area contributed by atoms with Crippen LogP contribution in [0.1, 0.15) is 28.3 Å². The lowest BCUT2D eigenvalue weighted by atomic mass is 10.1. The van der Waals surface area contributed by atoms with Gasteiger partial charge in [0.2, 0.25) is 5.91 Å². The summed E-state index contributed by atoms with van der Waals surface area (Å²) in [6.45, 7) is 4.39. The molecule has 0 radical (unpaired) electrons. The summed E-state index contributed by atoms with van der Waals surface area (Å²) >= 11 is 0. The first-order valence-electron chi connectivity index (χ1n) is 7.24. The first-order valence-corrected chi connectivity index (χ1v) is 7.24. The lowest BCUT2D eigenvalue weighted by Crippen LogP contribution is -2.33. The molecule has 23 heavy (non-hydrogen) atoms. The van der Waals surface area contributed by atoms with E-state index in [2.05, 4.69) is 5.32 Å². The molecule has 0 aliphatic heterocycles. The Morgan fingerprint density at radius 2 is 1.74 bits per heavy atom. The summed E-state index contributed by atoms with van der Waals surface area (Å²) in [7, 11) is 1.62. The number of ether oxygens (including phenoxy) is 1. The van der Waals surface area contributed by atoms with Gasteiger partial charge in [-0.3, -0.25) is 4.79 Å². The molecule has 0 aliphatic carbocycles. The number of aryl methyl sites for hydroxylation is 2. The molecule has 0 fully saturated rings. The molecule has 4 nitrogen and oxygen atoms in total. The highest BCUT2D eigenvalue weighted by atomic mass is 35.5. The van der Waals surface area contributed by atoms with E-state index in [1.807, 2.05) is 56.3 Å². The van der Waals surface area contributed by atoms with Crippen LogP contribution >= 0.6 is 12.4 Å². The predicted octanol–water partition coefficient (Wildman–Crippen LogP) is 3.05. The van der Waals surface area contributed by atoms with Gasteiger partial charge in [0, 0.05) is 12.1 Å². The smallest absolute Gasteiger partial charge is 0.241 e. The molecule has 1 atom stereocenters. The minimum atomic E-state index is -0.669. The number of nitrogens with one attached hydrogen (secondary N) is 1. The van der Waals surface area contributed by atoms with Crippen LogP contribution in [0.3, 0.4) is 0 Å². The van der Waals surface area contributed by atoms with Crippen molar-refractivity contribution in [3.05, 3.63) is 64.7 Å². The molecule has 0 aromatic heterocycles. The van der Waals surface area contributed by atoms with Crippen LogP contribution in [-0.2, 0) is 11.3 Å². The summed E-state index contributed by atoms with van der Waals surface area (Å²) in [5.74, 6) is 0.565. The van der Waals surface area contributed by atoms with Crippen molar-refractivity contribution in [2.45, 2.75) is 26.4 Å². The molecule has 0 saturated heterocycles. The third-order valence-electron chi connectivity index (χ3n) is 3.61. The van der Waals surface area contributed by atoms with Crippen LogP contribution in [0.25, 0.3) is 0 Å². The summed E-state index contributed by atoms with van der Waals surface area (Å²) in [6.07, 6.45) is 0. The molecule has 2 aromatic carbocycles. The lowest BCUT2D eigenvalue weighted by molar-refractivity contribution is -0.122. The second-order valence-corrected chi connectivity index (χ2v) is 5.42. The van der Waals surface area contributed by atoms with Crippen LogP contribution in [0.2, 0.25) is 0 Å². The number of nitrogens with two attached hydrogens (primary N) is 1. The second kappa shape index (κ2) is 8.56. The number of carbonyl (C=O) groups excluding carboxylic acids is 1. The van der Waals surface area contributed by atoms with Crippen molar-refractivity contribution in [3.63, 3.8) is 0 Å². The fraction of sp³-hybridized carbons (Fsp3) is 0.278. The summed E-state index contributed by atoms with van der Waals surface area (Å²) in [5, 5.41) is 2.86. The van der Waals surface area contributed by atoms with Gasteiger partial charge in [-0.05, 0) is 31.0 Å². The molecule has 0 spiro atoms. The number of benzene rings is 2. The Morgan fingerprint density at radius 1 is 1.13 bits per heavy atom. The quantitative estimate of drug-likeness (QED) is 0.883. The molecule has 2 aromatic rings. The van der Waals surface area contributed by atoms with Gasteiger partial charge in [0.05, 0.1) is 7.11 Å². The molecule has 3 N–H and O–H groups in total. The number of methoxy groups -OCH3 is 1. The Labute approximate surface area is 143 Å². The number of carbonyl (C=O) groups is 1. The topological polar surface area (TPSA) is 64.3 Å². The average molecular weight is 335 g/mol. The monoisotopic (exact) mass is 334 g/mol. The normalized spacial score (nSPS) is 11.3. The fourth-order valence-electron chi connectivity index (χ4n) is 2.22. The van der Waals surface area contributed by atoms with E-state index in [0.717, 1.165) is 28.0 Å². The standard InChI is InChI=1S/C18H22N2O2.ClH/c1-12-4-7-14(8-5-12)17(19)18(21)20-11-15-9-6-13(2)10-16(15)22-3;/h4-10,17H,11,19H2,1-3H3,(H,20,21);1H. The van der Waals surface area contributed by atoms with Crippen LogP contribution in [0.5, 0.6) is 5.75 Å². The highest BCUT2D eigenvalue weighted by Crippen LogP contribution is 2.20. The van der Waals surface area contributed by atoms with Crippen LogP contribution < -0.4 is 15.8 Å².